The minimum absolute atomic E-state index is 0.346. The first-order valence-electron chi connectivity index (χ1n) is 6.52. The Labute approximate surface area is 103 Å². The minimum atomic E-state index is 0.346. The van der Waals surface area contributed by atoms with Crippen molar-refractivity contribution < 1.29 is 5.11 Å². The Morgan fingerprint density at radius 2 is 2.12 bits per heavy atom. The summed E-state index contributed by atoms with van der Waals surface area (Å²) in [5.41, 5.74) is 1.28. The van der Waals surface area contributed by atoms with E-state index in [9.17, 15) is 5.11 Å². The second-order valence-electron chi connectivity index (χ2n) is 4.78. The Morgan fingerprint density at radius 3 is 2.71 bits per heavy atom. The fourth-order valence-electron chi connectivity index (χ4n) is 2.46. The van der Waals surface area contributed by atoms with Crippen LogP contribution in [0.15, 0.2) is 24.3 Å². The first-order valence-corrected chi connectivity index (χ1v) is 6.52. The Hall–Kier alpha value is -1.06. The molecule has 1 saturated heterocycles. The summed E-state index contributed by atoms with van der Waals surface area (Å²) < 4.78 is 0. The van der Waals surface area contributed by atoms with Crippen LogP contribution >= 0.6 is 0 Å². The van der Waals surface area contributed by atoms with Crippen LogP contribution in [0.4, 0.5) is 0 Å². The molecule has 0 aromatic heterocycles. The Balaban J connectivity index is 1.98. The predicted molar refractivity (Wildman–Crippen MR) is 70.1 cm³/mol. The Morgan fingerprint density at radius 1 is 1.35 bits per heavy atom. The monoisotopic (exact) mass is 234 g/mol. The first kappa shape index (κ1) is 12.4. The van der Waals surface area contributed by atoms with Crippen LogP contribution in [0.2, 0.25) is 0 Å². The second kappa shape index (κ2) is 6.03. The van der Waals surface area contributed by atoms with E-state index in [0.29, 0.717) is 11.8 Å². The van der Waals surface area contributed by atoms with Crippen LogP contribution in [0.25, 0.3) is 0 Å². The molecule has 0 aliphatic carbocycles. The number of phenolic OH excluding ortho intramolecular Hbond substituents is 1. The van der Waals surface area contributed by atoms with E-state index in [0.717, 1.165) is 26.2 Å². The van der Waals surface area contributed by atoms with Crippen molar-refractivity contribution >= 4 is 0 Å². The molecule has 2 rings (SSSR count). The van der Waals surface area contributed by atoms with Crippen molar-refractivity contribution in [3.63, 3.8) is 0 Å². The molecule has 1 aromatic rings. The van der Waals surface area contributed by atoms with Crippen LogP contribution in [0.3, 0.4) is 0 Å². The number of hydrogen-bond donors (Lipinski definition) is 2. The average molecular weight is 234 g/mol. The molecule has 1 aromatic carbocycles. The summed E-state index contributed by atoms with van der Waals surface area (Å²) in [5, 5.41) is 12.7. The third-order valence-electron chi connectivity index (χ3n) is 3.38. The van der Waals surface area contributed by atoms with E-state index in [4.69, 9.17) is 0 Å². The van der Waals surface area contributed by atoms with Gasteiger partial charge in [-0.15, -0.1) is 0 Å². The number of hydrogen-bond acceptors (Lipinski definition) is 3. The number of nitrogens with one attached hydrogen (secondary N) is 1. The molecule has 0 spiro atoms. The van der Waals surface area contributed by atoms with E-state index >= 15 is 0 Å². The maximum Gasteiger partial charge on any atom is 0.115 e. The van der Waals surface area contributed by atoms with Gasteiger partial charge in [-0.2, -0.15) is 0 Å². The molecule has 1 unspecified atom stereocenters. The maximum atomic E-state index is 9.28. The van der Waals surface area contributed by atoms with Gasteiger partial charge in [0.25, 0.3) is 0 Å². The van der Waals surface area contributed by atoms with Crippen LogP contribution in [-0.4, -0.2) is 35.7 Å². The molecule has 0 radical (unpaired) electrons. The fourth-order valence-corrected chi connectivity index (χ4v) is 2.46. The zero-order valence-electron chi connectivity index (χ0n) is 10.5. The van der Waals surface area contributed by atoms with E-state index in [2.05, 4.69) is 17.1 Å². The van der Waals surface area contributed by atoms with Crippen molar-refractivity contribution in [2.24, 2.45) is 0 Å². The lowest BCUT2D eigenvalue weighted by Gasteiger charge is -2.28. The third-order valence-corrected chi connectivity index (χ3v) is 3.38. The summed E-state index contributed by atoms with van der Waals surface area (Å²) in [6.07, 6.45) is 2.44. The lowest BCUT2D eigenvalue weighted by molar-refractivity contribution is 0.199. The summed E-state index contributed by atoms with van der Waals surface area (Å²) in [7, 11) is 0. The van der Waals surface area contributed by atoms with Gasteiger partial charge in [-0.25, -0.2) is 0 Å². The lowest BCUT2D eigenvalue weighted by Crippen LogP contribution is -2.36. The summed E-state index contributed by atoms with van der Waals surface area (Å²) >= 11 is 0. The van der Waals surface area contributed by atoms with Crippen molar-refractivity contribution in [2.75, 3.05) is 19.6 Å². The number of benzene rings is 1. The lowest BCUT2D eigenvalue weighted by atomic mass is 10.1. The highest BCUT2D eigenvalue weighted by Crippen LogP contribution is 2.16. The molecular formula is C14H22N2O. The van der Waals surface area contributed by atoms with Crippen LogP contribution in [0.1, 0.15) is 25.3 Å². The van der Waals surface area contributed by atoms with E-state index in [1.807, 2.05) is 12.1 Å². The molecule has 1 aliphatic rings. The normalized spacial score (nSPS) is 20.0. The van der Waals surface area contributed by atoms with Crippen LogP contribution < -0.4 is 5.32 Å². The quantitative estimate of drug-likeness (QED) is 0.817. The van der Waals surface area contributed by atoms with Gasteiger partial charge in [0.1, 0.15) is 5.75 Å². The molecule has 1 aliphatic heterocycles. The fraction of sp³-hybridized carbons (Fsp3) is 0.571. The third kappa shape index (κ3) is 3.45. The molecule has 0 saturated carbocycles. The molecule has 2 N–H and O–H groups in total. The summed E-state index contributed by atoms with van der Waals surface area (Å²) in [6, 6.07) is 8.24. The van der Waals surface area contributed by atoms with Gasteiger partial charge in [-0.05, 0) is 43.6 Å². The number of phenols is 1. The smallest absolute Gasteiger partial charge is 0.115 e. The summed E-state index contributed by atoms with van der Waals surface area (Å²) in [5.74, 6) is 0.346. The summed E-state index contributed by atoms with van der Waals surface area (Å²) in [4.78, 5) is 2.55. The number of aromatic hydroxyl groups is 1. The molecular weight excluding hydrogens is 212 g/mol. The standard InChI is InChI=1S/C14H22N2O/c1-2-9-16(13-7-8-15-10-13)11-12-3-5-14(17)6-4-12/h3-6,13,15,17H,2,7-11H2,1H3. The second-order valence-corrected chi connectivity index (χ2v) is 4.78. The van der Waals surface area contributed by atoms with Crippen molar-refractivity contribution in [3.8, 4) is 5.75 Å². The van der Waals surface area contributed by atoms with Crippen molar-refractivity contribution in [2.45, 2.75) is 32.4 Å². The molecule has 17 heavy (non-hydrogen) atoms. The topological polar surface area (TPSA) is 35.5 Å². The number of rotatable bonds is 5. The molecule has 1 atom stereocenters. The average Bonchev–Trinajstić information content (AvgIpc) is 2.85. The van der Waals surface area contributed by atoms with Crippen molar-refractivity contribution in [3.05, 3.63) is 29.8 Å². The van der Waals surface area contributed by atoms with E-state index < -0.39 is 0 Å². The summed E-state index contributed by atoms with van der Waals surface area (Å²) in [6.45, 7) is 6.61. The zero-order chi connectivity index (χ0) is 12.1. The molecule has 1 fully saturated rings. The Kier molecular flexibility index (Phi) is 4.40. The van der Waals surface area contributed by atoms with E-state index in [1.165, 1.54) is 18.4 Å². The Bertz CT molecular complexity index is 331. The molecule has 3 nitrogen and oxygen atoms in total. The number of nitrogens with zero attached hydrogens (tertiary/aromatic N) is 1. The molecule has 3 heteroatoms. The SMILES string of the molecule is CCCN(Cc1ccc(O)cc1)C1CCNC1. The van der Waals surface area contributed by atoms with Crippen molar-refractivity contribution in [1.29, 1.82) is 0 Å². The van der Waals surface area contributed by atoms with Gasteiger partial charge in [0.05, 0.1) is 0 Å². The van der Waals surface area contributed by atoms with Gasteiger partial charge in [0.2, 0.25) is 0 Å². The largest absolute Gasteiger partial charge is 0.508 e. The highest BCUT2D eigenvalue weighted by Gasteiger charge is 2.21. The minimum Gasteiger partial charge on any atom is -0.508 e. The van der Waals surface area contributed by atoms with Crippen molar-refractivity contribution in [1.82, 2.24) is 10.2 Å². The van der Waals surface area contributed by atoms with Crippen LogP contribution in [0.5, 0.6) is 5.75 Å². The maximum absolute atomic E-state index is 9.28. The molecule has 94 valence electrons. The molecule has 0 amide bonds. The zero-order valence-corrected chi connectivity index (χ0v) is 10.5. The van der Waals surface area contributed by atoms with Crippen LogP contribution in [-0.2, 0) is 6.54 Å². The van der Waals surface area contributed by atoms with E-state index in [1.54, 1.807) is 12.1 Å². The molecule has 0 bridgehead atoms. The van der Waals surface area contributed by atoms with Gasteiger partial charge in [0, 0.05) is 19.1 Å². The van der Waals surface area contributed by atoms with Gasteiger partial charge in [-0.3, -0.25) is 4.90 Å². The predicted octanol–water partition coefficient (Wildman–Crippen LogP) is 1.97. The first-order chi connectivity index (χ1) is 8.29. The highest BCUT2D eigenvalue weighted by molar-refractivity contribution is 5.25. The molecule has 1 heterocycles. The van der Waals surface area contributed by atoms with Gasteiger partial charge in [-0.1, -0.05) is 19.1 Å². The van der Waals surface area contributed by atoms with Gasteiger partial charge in [0.15, 0.2) is 0 Å². The highest BCUT2D eigenvalue weighted by atomic mass is 16.3. The van der Waals surface area contributed by atoms with E-state index in [-0.39, 0.29) is 0 Å². The van der Waals surface area contributed by atoms with Gasteiger partial charge >= 0.3 is 0 Å². The van der Waals surface area contributed by atoms with Gasteiger partial charge < -0.3 is 10.4 Å². The van der Waals surface area contributed by atoms with Crippen LogP contribution in [0, 0.1) is 0 Å².